The molecule has 1 unspecified atom stereocenters. The average molecular weight is 281 g/mol. The smallest absolute Gasteiger partial charge is 0.137 e. The molecule has 1 heterocycles. The Balaban J connectivity index is 2.39. The van der Waals surface area contributed by atoms with Crippen molar-refractivity contribution < 1.29 is 13.9 Å². The number of aliphatic hydroxyl groups is 1. The maximum absolute atomic E-state index is 14.0. The molecule has 0 aliphatic carbocycles. The third kappa shape index (κ3) is 3.19. The lowest BCUT2D eigenvalue weighted by atomic mass is 9.85. The highest BCUT2D eigenvalue weighted by Gasteiger charge is 2.34. The monoisotopic (exact) mass is 281 g/mol. The van der Waals surface area contributed by atoms with E-state index in [1.807, 2.05) is 13.8 Å². The number of hydrogen-bond donors (Lipinski definition) is 1. The van der Waals surface area contributed by atoms with E-state index < -0.39 is 17.2 Å². The summed E-state index contributed by atoms with van der Waals surface area (Å²) in [7, 11) is 0. The second-order valence-corrected chi connectivity index (χ2v) is 5.35. The van der Waals surface area contributed by atoms with Crippen molar-refractivity contribution in [3.05, 3.63) is 48.1 Å². The number of hydrogen-bond acceptors (Lipinski definition) is 3. The Morgan fingerprint density at radius 1 is 1.35 bits per heavy atom. The van der Waals surface area contributed by atoms with Crippen LogP contribution in [0.5, 0.6) is 0 Å². The van der Waals surface area contributed by atoms with E-state index >= 15 is 0 Å². The summed E-state index contributed by atoms with van der Waals surface area (Å²) in [6.45, 7) is 3.91. The molecule has 108 valence electrons. The molecule has 1 N–H and O–H groups in total. The third-order valence-electron chi connectivity index (χ3n) is 3.07. The normalized spacial score (nSPS) is 14.5. The SMILES string of the molecule is CC(C)CC(O)(Cn1cncn1)c1ccc(F)cc1F. The van der Waals surface area contributed by atoms with Gasteiger partial charge in [-0.05, 0) is 18.4 Å². The number of aromatic nitrogens is 3. The molecule has 6 heteroatoms. The number of nitrogens with zero attached hydrogens (tertiary/aromatic N) is 3. The van der Waals surface area contributed by atoms with Gasteiger partial charge in [0, 0.05) is 11.6 Å². The minimum atomic E-state index is -1.46. The van der Waals surface area contributed by atoms with Gasteiger partial charge >= 0.3 is 0 Å². The lowest BCUT2D eigenvalue weighted by Crippen LogP contribution is -2.34. The summed E-state index contributed by atoms with van der Waals surface area (Å²) < 4.78 is 28.4. The zero-order valence-electron chi connectivity index (χ0n) is 11.4. The molecule has 1 aromatic heterocycles. The van der Waals surface area contributed by atoms with Gasteiger partial charge in [-0.25, -0.2) is 18.4 Å². The van der Waals surface area contributed by atoms with Gasteiger partial charge in [-0.3, -0.25) is 0 Å². The van der Waals surface area contributed by atoms with Crippen LogP contribution in [0.4, 0.5) is 8.78 Å². The van der Waals surface area contributed by atoms with E-state index in [9.17, 15) is 13.9 Å². The number of halogens is 2. The van der Waals surface area contributed by atoms with E-state index in [-0.39, 0.29) is 18.0 Å². The highest BCUT2D eigenvalue weighted by molar-refractivity contribution is 5.25. The van der Waals surface area contributed by atoms with E-state index in [2.05, 4.69) is 10.1 Å². The zero-order chi connectivity index (χ0) is 14.8. The summed E-state index contributed by atoms with van der Waals surface area (Å²) in [5, 5.41) is 14.8. The van der Waals surface area contributed by atoms with Crippen LogP contribution in [0.2, 0.25) is 0 Å². The number of benzene rings is 1. The van der Waals surface area contributed by atoms with Crippen molar-refractivity contribution in [3.8, 4) is 0 Å². The quantitative estimate of drug-likeness (QED) is 0.916. The molecule has 2 aromatic rings. The fraction of sp³-hybridized carbons (Fsp3) is 0.429. The maximum atomic E-state index is 14.0. The Morgan fingerprint density at radius 2 is 2.10 bits per heavy atom. The molecule has 0 amide bonds. The first-order valence-electron chi connectivity index (χ1n) is 6.41. The fourth-order valence-corrected chi connectivity index (χ4v) is 2.38. The zero-order valence-corrected chi connectivity index (χ0v) is 11.4. The first kappa shape index (κ1) is 14.6. The predicted molar refractivity (Wildman–Crippen MR) is 69.7 cm³/mol. The van der Waals surface area contributed by atoms with Crippen molar-refractivity contribution in [2.45, 2.75) is 32.4 Å². The molecule has 2 rings (SSSR count). The van der Waals surface area contributed by atoms with Gasteiger partial charge in [0.2, 0.25) is 0 Å². The van der Waals surface area contributed by atoms with Crippen LogP contribution < -0.4 is 0 Å². The van der Waals surface area contributed by atoms with Crippen molar-refractivity contribution in [2.24, 2.45) is 5.92 Å². The minimum absolute atomic E-state index is 0.0632. The topological polar surface area (TPSA) is 50.9 Å². The molecule has 0 aliphatic rings. The Kier molecular flexibility index (Phi) is 4.13. The molecule has 0 bridgehead atoms. The van der Waals surface area contributed by atoms with Crippen molar-refractivity contribution >= 4 is 0 Å². The van der Waals surface area contributed by atoms with Crippen LogP contribution in [-0.2, 0) is 12.1 Å². The fourth-order valence-electron chi connectivity index (χ4n) is 2.38. The Hall–Kier alpha value is -1.82. The van der Waals surface area contributed by atoms with Gasteiger partial charge in [0.05, 0.1) is 6.54 Å². The minimum Gasteiger partial charge on any atom is -0.383 e. The second kappa shape index (κ2) is 5.66. The van der Waals surface area contributed by atoms with Gasteiger partial charge in [0.15, 0.2) is 0 Å². The molecule has 0 aliphatic heterocycles. The highest BCUT2D eigenvalue weighted by Crippen LogP contribution is 2.32. The Morgan fingerprint density at radius 3 is 2.65 bits per heavy atom. The van der Waals surface area contributed by atoms with Gasteiger partial charge < -0.3 is 5.11 Å². The van der Waals surface area contributed by atoms with Gasteiger partial charge in [-0.1, -0.05) is 19.9 Å². The van der Waals surface area contributed by atoms with Crippen molar-refractivity contribution in [1.29, 1.82) is 0 Å². The molecular formula is C14H17F2N3O. The van der Waals surface area contributed by atoms with Gasteiger partial charge in [0.25, 0.3) is 0 Å². The van der Waals surface area contributed by atoms with Crippen molar-refractivity contribution in [2.75, 3.05) is 0 Å². The van der Waals surface area contributed by atoms with Gasteiger partial charge in [-0.2, -0.15) is 5.10 Å². The van der Waals surface area contributed by atoms with Crippen LogP contribution in [0.25, 0.3) is 0 Å². The summed E-state index contributed by atoms with van der Waals surface area (Å²) in [6, 6.07) is 3.21. The van der Waals surface area contributed by atoms with E-state index in [4.69, 9.17) is 0 Å². The molecule has 1 atom stereocenters. The van der Waals surface area contributed by atoms with Gasteiger partial charge in [0.1, 0.15) is 29.9 Å². The molecule has 0 radical (unpaired) electrons. The van der Waals surface area contributed by atoms with E-state index in [1.54, 1.807) is 0 Å². The first-order valence-corrected chi connectivity index (χ1v) is 6.41. The van der Waals surface area contributed by atoms with Gasteiger partial charge in [-0.15, -0.1) is 0 Å². The molecule has 0 spiro atoms. The molecular weight excluding hydrogens is 264 g/mol. The predicted octanol–water partition coefficient (Wildman–Crippen LogP) is 2.49. The second-order valence-electron chi connectivity index (χ2n) is 5.35. The lowest BCUT2D eigenvalue weighted by molar-refractivity contribution is -0.00808. The van der Waals surface area contributed by atoms with Crippen LogP contribution in [0.15, 0.2) is 30.9 Å². The summed E-state index contributed by atoms with van der Waals surface area (Å²) in [5.41, 5.74) is -1.39. The molecule has 0 fully saturated rings. The van der Waals surface area contributed by atoms with Crippen LogP contribution in [0.1, 0.15) is 25.8 Å². The van der Waals surface area contributed by atoms with E-state index in [0.29, 0.717) is 6.42 Å². The summed E-state index contributed by atoms with van der Waals surface area (Å²) in [6.07, 6.45) is 3.12. The first-order chi connectivity index (χ1) is 9.40. The van der Waals surface area contributed by atoms with Crippen molar-refractivity contribution in [3.63, 3.8) is 0 Å². The Bertz CT molecular complexity index is 572. The third-order valence-corrected chi connectivity index (χ3v) is 3.07. The van der Waals surface area contributed by atoms with Crippen LogP contribution in [-0.4, -0.2) is 19.9 Å². The summed E-state index contributed by atoms with van der Waals surface area (Å²) >= 11 is 0. The largest absolute Gasteiger partial charge is 0.383 e. The highest BCUT2D eigenvalue weighted by atomic mass is 19.1. The summed E-state index contributed by atoms with van der Waals surface area (Å²) in [5.74, 6) is -1.29. The molecule has 1 aromatic carbocycles. The van der Waals surface area contributed by atoms with E-state index in [0.717, 1.165) is 12.1 Å². The molecule has 4 nitrogen and oxygen atoms in total. The van der Waals surface area contributed by atoms with E-state index in [1.165, 1.54) is 23.4 Å². The Labute approximate surface area is 116 Å². The maximum Gasteiger partial charge on any atom is 0.137 e. The standard InChI is InChI=1S/C14H17F2N3O/c1-10(2)6-14(20,7-19-9-17-8-18-19)12-4-3-11(15)5-13(12)16/h3-5,8-10,20H,6-7H2,1-2H3. The molecule has 20 heavy (non-hydrogen) atoms. The van der Waals surface area contributed by atoms with Crippen LogP contribution in [0.3, 0.4) is 0 Å². The summed E-state index contributed by atoms with van der Waals surface area (Å²) in [4.78, 5) is 3.80. The molecule has 0 saturated carbocycles. The van der Waals surface area contributed by atoms with Crippen LogP contribution >= 0.6 is 0 Å². The van der Waals surface area contributed by atoms with Crippen LogP contribution in [0, 0.1) is 17.6 Å². The molecule has 0 saturated heterocycles. The average Bonchev–Trinajstić information content (AvgIpc) is 2.79. The van der Waals surface area contributed by atoms with Crippen molar-refractivity contribution in [1.82, 2.24) is 14.8 Å². The number of rotatable bonds is 5. The lowest BCUT2D eigenvalue weighted by Gasteiger charge is -2.30.